The molecule has 0 bridgehead atoms. The summed E-state index contributed by atoms with van der Waals surface area (Å²) in [5.74, 6) is 0. The van der Waals surface area contributed by atoms with E-state index in [0.717, 1.165) is 0 Å². The van der Waals surface area contributed by atoms with E-state index < -0.39 is 0 Å². The molecule has 0 atom stereocenters. The maximum absolute atomic E-state index is 11.1. The minimum Gasteiger partial charge on any atom is -0.268 e. The van der Waals surface area contributed by atoms with Gasteiger partial charge in [0.15, 0.2) is 0 Å². The quantitative estimate of drug-likeness (QED) is 0.643. The number of hydrogen-bond acceptors (Lipinski definition) is 2. The first-order valence-electron chi connectivity index (χ1n) is 3.35. The molecule has 11 heavy (non-hydrogen) atoms. The SMILES string of the molecule is CC(C)n1ncc(Cl)cc1=O. The maximum Gasteiger partial charge on any atom is 0.268 e. The zero-order valence-electron chi connectivity index (χ0n) is 6.41. The smallest absolute Gasteiger partial charge is 0.268 e. The number of rotatable bonds is 1. The molecule has 0 spiro atoms. The lowest BCUT2D eigenvalue weighted by Crippen LogP contribution is -2.23. The summed E-state index contributed by atoms with van der Waals surface area (Å²) in [5, 5.41) is 4.23. The number of aromatic nitrogens is 2. The van der Waals surface area contributed by atoms with E-state index in [4.69, 9.17) is 11.6 Å². The average molecular weight is 173 g/mol. The number of hydrogen-bond donors (Lipinski definition) is 0. The fraction of sp³-hybridized carbons (Fsp3) is 0.429. The molecule has 0 aliphatic rings. The van der Waals surface area contributed by atoms with Gasteiger partial charge in [0.1, 0.15) is 0 Å². The Labute approximate surface area is 69.6 Å². The van der Waals surface area contributed by atoms with Crippen LogP contribution >= 0.6 is 11.6 Å². The van der Waals surface area contributed by atoms with Crippen LogP contribution in [-0.2, 0) is 0 Å². The molecule has 0 unspecified atom stereocenters. The van der Waals surface area contributed by atoms with Gasteiger partial charge in [-0.2, -0.15) is 5.10 Å². The van der Waals surface area contributed by atoms with Crippen LogP contribution in [0, 0.1) is 0 Å². The molecule has 60 valence electrons. The van der Waals surface area contributed by atoms with Gasteiger partial charge >= 0.3 is 0 Å². The molecular formula is C7H9ClN2O. The normalized spacial score (nSPS) is 10.5. The van der Waals surface area contributed by atoms with Crippen molar-refractivity contribution in [2.24, 2.45) is 0 Å². The van der Waals surface area contributed by atoms with Gasteiger partial charge in [-0.25, -0.2) is 4.68 Å². The van der Waals surface area contributed by atoms with Gasteiger partial charge in [-0.05, 0) is 13.8 Å². The fourth-order valence-electron chi connectivity index (χ4n) is 0.783. The Kier molecular flexibility index (Phi) is 2.29. The van der Waals surface area contributed by atoms with Crippen molar-refractivity contribution in [3.63, 3.8) is 0 Å². The van der Waals surface area contributed by atoms with Crippen LogP contribution in [0.5, 0.6) is 0 Å². The highest BCUT2D eigenvalue weighted by atomic mass is 35.5. The Hall–Kier alpha value is -0.830. The van der Waals surface area contributed by atoms with E-state index in [1.54, 1.807) is 0 Å². The number of nitrogens with zero attached hydrogens (tertiary/aromatic N) is 2. The van der Waals surface area contributed by atoms with Crippen LogP contribution in [0.1, 0.15) is 19.9 Å². The molecule has 1 rings (SSSR count). The summed E-state index contributed by atoms with van der Waals surface area (Å²) in [6, 6.07) is 1.44. The maximum atomic E-state index is 11.1. The standard InChI is InChI=1S/C7H9ClN2O/c1-5(2)10-7(11)3-6(8)4-9-10/h3-5H,1-2H3. The van der Waals surface area contributed by atoms with Crippen LogP contribution in [0.25, 0.3) is 0 Å². The second-order valence-electron chi connectivity index (χ2n) is 2.55. The Morgan fingerprint density at radius 3 is 2.73 bits per heavy atom. The lowest BCUT2D eigenvalue weighted by atomic mass is 10.4. The van der Waals surface area contributed by atoms with E-state index in [1.165, 1.54) is 16.9 Å². The monoisotopic (exact) mass is 172 g/mol. The van der Waals surface area contributed by atoms with Gasteiger partial charge in [0.25, 0.3) is 5.56 Å². The predicted molar refractivity (Wildman–Crippen MR) is 43.9 cm³/mol. The minimum absolute atomic E-state index is 0.0831. The molecule has 3 nitrogen and oxygen atoms in total. The van der Waals surface area contributed by atoms with Crippen LogP contribution in [0.4, 0.5) is 0 Å². The van der Waals surface area contributed by atoms with Crippen molar-refractivity contribution in [2.75, 3.05) is 0 Å². The minimum atomic E-state index is -0.160. The summed E-state index contributed by atoms with van der Waals surface area (Å²) < 4.78 is 1.38. The molecule has 1 heterocycles. The molecule has 0 saturated carbocycles. The largest absolute Gasteiger partial charge is 0.268 e. The molecule has 0 saturated heterocycles. The molecule has 0 aliphatic carbocycles. The fourth-order valence-corrected chi connectivity index (χ4v) is 0.920. The topological polar surface area (TPSA) is 34.9 Å². The Bertz CT molecular complexity index is 306. The van der Waals surface area contributed by atoms with Gasteiger partial charge in [-0.3, -0.25) is 4.79 Å². The highest BCUT2D eigenvalue weighted by molar-refractivity contribution is 6.30. The molecule has 1 aromatic heterocycles. The van der Waals surface area contributed by atoms with Gasteiger partial charge in [0.05, 0.1) is 17.3 Å². The summed E-state index contributed by atoms with van der Waals surface area (Å²) in [4.78, 5) is 11.1. The lowest BCUT2D eigenvalue weighted by Gasteiger charge is -2.05. The van der Waals surface area contributed by atoms with E-state index in [1.807, 2.05) is 13.8 Å². The van der Waals surface area contributed by atoms with E-state index in [0.29, 0.717) is 5.02 Å². The second kappa shape index (κ2) is 3.05. The Morgan fingerprint density at radius 1 is 1.64 bits per heavy atom. The molecule has 0 aromatic carbocycles. The third-order valence-electron chi connectivity index (χ3n) is 1.28. The molecule has 0 radical (unpaired) electrons. The number of halogens is 1. The van der Waals surface area contributed by atoms with Crippen molar-refractivity contribution >= 4 is 11.6 Å². The van der Waals surface area contributed by atoms with Gasteiger partial charge in [0.2, 0.25) is 0 Å². The zero-order valence-corrected chi connectivity index (χ0v) is 7.17. The zero-order chi connectivity index (χ0) is 8.43. The first-order chi connectivity index (χ1) is 5.11. The van der Waals surface area contributed by atoms with Gasteiger partial charge in [-0.1, -0.05) is 11.6 Å². The third-order valence-corrected chi connectivity index (χ3v) is 1.49. The Balaban J connectivity index is 3.21. The molecule has 0 N–H and O–H groups in total. The van der Waals surface area contributed by atoms with Crippen LogP contribution in [0.15, 0.2) is 17.1 Å². The predicted octanol–water partition coefficient (Wildman–Crippen LogP) is 1.48. The first-order valence-corrected chi connectivity index (χ1v) is 3.73. The average Bonchev–Trinajstić information content (AvgIpc) is 1.85. The molecular weight excluding hydrogens is 164 g/mol. The van der Waals surface area contributed by atoms with Crippen LogP contribution < -0.4 is 5.56 Å². The van der Waals surface area contributed by atoms with Crippen LogP contribution in [0.2, 0.25) is 5.02 Å². The summed E-state index contributed by atoms with van der Waals surface area (Å²) in [5.41, 5.74) is -0.160. The highest BCUT2D eigenvalue weighted by Crippen LogP contribution is 2.02. The van der Waals surface area contributed by atoms with E-state index >= 15 is 0 Å². The van der Waals surface area contributed by atoms with Crippen LogP contribution in [-0.4, -0.2) is 9.78 Å². The molecule has 0 aliphatic heterocycles. The summed E-state index contributed by atoms with van der Waals surface area (Å²) >= 11 is 5.55. The van der Waals surface area contributed by atoms with Crippen molar-refractivity contribution in [1.82, 2.24) is 9.78 Å². The van der Waals surface area contributed by atoms with Gasteiger partial charge < -0.3 is 0 Å². The van der Waals surface area contributed by atoms with Crippen molar-refractivity contribution < 1.29 is 0 Å². The lowest BCUT2D eigenvalue weighted by molar-refractivity contribution is 0.502. The molecule has 4 heteroatoms. The van der Waals surface area contributed by atoms with Crippen molar-refractivity contribution in [1.29, 1.82) is 0 Å². The molecule has 0 amide bonds. The van der Waals surface area contributed by atoms with Gasteiger partial charge in [-0.15, -0.1) is 0 Å². The Morgan fingerprint density at radius 2 is 2.27 bits per heavy atom. The van der Waals surface area contributed by atoms with Gasteiger partial charge in [0, 0.05) is 6.07 Å². The molecule has 0 fully saturated rings. The summed E-state index contributed by atoms with van der Waals surface area (Å²) in [6.45, 7) is 3.78. The van der Waals surface area contributed by atoms with E-state index in [-0.39, 0.29) is 11.6 Å². The van der Waals surface area contributed by atoms with Crippen LogP contribution in [0.3, 0.4) is 0 Å². The summed E-state index contributed by atoms with van der Waals surface area (Å²) in [6.07, 6.45) is 1.46. The van der Waals surface area contributed by atoms with Crippen molar-refractivity contribution in [3.8, 4) is 0 Å². The molecule has 1 aromatic rings. The highest BCUT2D eigenvalue weighted by Gasteiger charge is 2.00. The third kappa shape index (κ3) is 1.80. The second-order valence-corrected chi connectivity index (χ2v) is 2.99. The van der Waals surface area contributed by atoms with E-state index in [9.17, 15) is 4.79 Å². The van der Waals surface area contributed by atoms with Crippen molar-refractivity contribution in [3.05, 3.63) is 27.6 Å². The first kappa shape index (κ1) is 8.27. The van der Waals surface area contributed by atoms with E-state index in [2.05, 4.69) is 5.10 Å². The van der Waals surface area contributed by atoms with Crippen molar-refractivity contribution in [2.45, 2.75) is 19.9 Å². The summed E-state index contributed by atoms with van der Waals surface area (Å²) in [7, 11) is 0.